The van der Waals surface area contributed by atoms with Crippen LogP contribution >= 0.6 is 0 Å². The Morgan fingerprint density at radius 3 is 2.58 bits per heavy atom. The van der Waals surface area contributed by atoms with Gasteiger partial charge in [0.25, 0.3) is 0 Å². The van der Waals surface area contributed by atoms with E-state index in [0.717, 1.165) is 37.7 Å². The largest absolute Gasteiger partial charge is 0.396 e. The van der Waals surface area contributed by atoms with Crippen molar-refractivity contribution in [2.45, 2.75) is 50.5 Å². The summed E-state index contributed by atoms with van der Waals surface area (Å²) >= 11 is 0. The van der Waals surface area contributed by atoms with Gasteiger partial charge in [-0.3, -0.25) is 4.79 Å². The van der Waals surface area contributed by atoms with Crippen LogP contribution in [0.4, 0.5) is 0 Å². The molecule has 2 N–H and O–H groups in total. The Morgan fingerprint density at radius 2 is 2.05 bits per heavy atom. The molecule has 0 aromatic heterocycles. The molecule has 0 radical (unpaired) electrons. The van der Waals surface area contributed by atoms with Crippen LogP contribution in [0.2, 0.25) is 0 Å². The number of hydrogen-bond acceptors (Lipinski definition) is 2. The van der Waals surface area contributed by atoms with Crippen LogP contribution in [0.1, 0.15) is 44.6 Å². The lowest BCUT2D eigenvalue weighted by atomic mass is 9.63. The molecule has 3 nitrogen and oxygen atoms in total. The van der Waals surface area contributed by atoms with E-state index in [0.29, 0.717) is 0 Å². The monoisotopic (exact) mass is 261 g/mol. The van der Waals surface area contributed by atoms with Crippen molar-refractivity contribution in [3.63, 3.8) is 0 Å². The molecule has 1 saturated carbocycles. The second-order valence-electron chi connectivity index (χ2n) is 5.54. The third-order valence-corrected chi connectivity index (χ3v) is 4.14. The first-order valence-corrected chi connectivity index (χ1v) is 7.16. The van der Waals surface area contributed by atoms with Crippen LogP contribution in [0, 0.1) is 0 Å². The molecule has 19 heavy (non-hydrogen) atoms. The van der Waals surface area contributed by atoms with Gasteiger partial charge >= 0.3 is 0 Å². The van der Waals surface area contributed by atoms with Crippen molar-refractivity contribution in [2.75, 3.05) is 6.61 Å². The maximum absolute atomic E-state index is 12.5. The van der Waals surface area contributed by atoms with Crippen molar-refractivity contribution in [3.8, 4) is 0 Å². The molecule has 0 heterocycles. The topological polar surface area (TPSA) is 49.3 Å². The molecule has 1 atom stereocenters. The predicted molar refractivity (Wildman–Crippen MR) is 75.9 cm³/mol. The summed E-state index contributed by atoms with van der Waals surface area (Å²) in [5, 5.41) is 11.9. The second kappa shape index (κ2) is 6.20. The van der Waals surface area contributed by atoms with E-state index in [1.54, 1.807) is 0 Å². The Bertz CT molecular complexity index is 412. The third-order valence-electron chi connectivity index (χ3n) is 4.14. The van der Waals surface area contributed by atoms with Gasteiger partial charge < -0.3 is 10.4 Å². The molecule has 0 aliphatic heterocycles. The van der Waals surface area contributed by atoms with E-state index >= 15 is 0 Å². The summed E-state index contributed by atoms with van der Waals surface area (Å²) in [5.41, 5.74) is 0.822. The number of carbonyl (C=O) groups is 1. The molecule has 104 valence electrons. The average Bonchev–Trinajstić information content (AvgIpc) is 2.36. The Hall–Kier alpha value is -1.35. The van der Waals surface area contributed by atoms with Crippen LogP contribution in [0.5, 0.6) is 0 Å². The van der Waals surface area contributed by atoms with E-state index in [4.69, 9.17) is 5.11 Å². The molecule has 1 amide bonds. The summed E-state index contributed by atoms with van der Waals surface area (Å²) in [4.78, 5) is 12.5. The van der Waals surface area contributed by atoms with Gasteiger partial charge in [-0.2, -0.15) is 0 Å². The summed E-state index contributed by atoms with van der Waals surface area (Å²) in [6.45, 7) is 2.19. The van der Waals surface area contributed by atoms with Gasteiger partial charge in [0, 0.05) is 12.6 Å². The molecule has 2 rings (SSSR count). The first-order valence-electron chi connectivity index (χ1n) is 7.16. The van der Waals surface area contributed by atoms with E-state index in [9.17, 15) is 4.79 Å². The minimum Gasteiger partial charge on any atom is -0.396 e. The molecule has 0 spiro atoms. The highest BCUT2D eigenvalue weighted by molar-refractivity contribution is 5.89. The highest BCUT2D eigenvalue weighted by Gasteiger charge is 2.45. The molecular weight excluding hydrogens is 238 g/mol. The molecular formula is C16H23NO2. The van der Waals surface area contributed by atoms with Gasteiger partial charge in [0.15, 0.2) is 0 Å². The van der Waals surface area contributed by atoms with Crippen molar-refractivity contribution in [2.24, 2.45) is 0 Å². The third kappa shape index (κ3) is 2.98. The molecule has 1 fully saturated rings. The lowest BCUT2D eigenvalue weighted by Crippen LogP contribution is -2.51. The standard InChI is InChI=1S/C16H23NO2/c1-13(7-5-12-18)17-15(19)16(10-6-11-16)14-8-3-2-4-9-14/h2-4,8-9,13,18H,5-7,10-12H2,1H3,(H,17,19). The highest BCUT2D eigenvalue weighted by Crippen LogP contribution is 2.43. The molecule has 1 aromatic carbocycles. The lowest BCUT2D eigenvalue weighted by Gasteiger charge is -2.41. The van der Waals surface area contributed by atoms with Gasteiger partial charge in [-0.15, -0.1) is 0 Å². The first-order chi connectivity index (χ1) is 9.19. The number of nitrogens with one attached hydrogen (secondary N) is 1. The Kier molecular flexibility index (Phi) is 4.59. The van der Waals surface area contributed by atoms with Gasteiger partial charge in [-0.05, 0) is 38.2 Å². The van der Waals surface area contributed by atoms with Crippen LogP contribution in [0.15, 0.2) is 30.3 Å². The van der Waals surface area contributed by atoms with E-state index < -0.39 is 0 Å². The van der Waals surface area contributed by atoms with Crippen LogP contribution in [-0.2, 0) is 10.2 Å². The van der Waals surface area contributed by atoms with Gasteiger partial charge in [0.2, 0.25) is 5.91 Å². The number of carbonyl (C=O) groups excluding carboxylic acids is 1. The van der Waals surface area contributed by atoms with Crippen molar-refractivity contribution in [3.05, 3.63) is 35.9 Å². The number of benzene rings is 1. The van der Waals surface area contributed by atoms with Crippen LogP contribution in [0.25, 0.3) is 0 Å². The first kappa shape index (κ1) is 14.1. The fourth-order valence-corrected chi connectivity index (χ4v) is 2.77. The van der Waals surface area contributed by atoms with Gasteiger partial charge in [-0.25, -0.2) is 0 Å². The second-order valence-corrected chi connectivity index (χ2v) is 5.54. The molecule has 1 aliphatic carbocycles. The maximum atomic E-state index is 12.5. The van der Waals surface area contributed by atoms with Crippen molar-refractivity contribution >= 4 is 5.91 Å². The molecule has 1 unspecified atom stereocenters. The minimum atomic E-state index is -0.311. The molecule has 0 saturated heterocycles. The lowest BCUT2D eigenvalue weighted by molar-refractivity contribution is -0.130. The van der Waals surface area contributed by atoms with Crippen LogP contribution in [0.3, 0.4) is 0 Å². The van der Waals surface area contributed by atoms with E-state index in [-0.39, 0.29) is 24.0 Å². The summed E-state index contributed by atoms with van der Waals surface area (Å²) in [5.74, 6) is 0.149. The molecule has 1 aromatic rings. The predicted octanol–water partition coefficient (Wildman–Crippen LogP) is 2.39. The van der Waals surface area contributed by atoms with Gasteiger partial charge in [-0.1, -0.05) is 36.8 Å². The average molecular weight is 261 g/mol. The summed E-state index contributed by atoms with van der Waals surface area (Å²) in [6, 6.07) is 10.2. The van der Waals surface area contributed by atoms with Crippen molar-refractivity contribution in [1.82, 2.24) is 5.32 Å². The Balaban J connectivity index is 2.03. The summed E-state index contributed by atoms with van der Waals surface area (Å²) in [6.07, 6.45) is 4.56. The van der Waals surface area contributed by atoms with E-state index in [2.05, 4.69) is 17.4 Å². The quantitative estimate of drug-likeness (QED) is 0.826. The summed E-state index contributed by atoms with van der Waals surface area (Å²) in [7, 11) is 0. The van der Waals surface area contributed by atoms with Gasteiger partial charge in [0.05, 0.1) is 5.41 Å². The molecule has 0 bridgehead atoms. The van der Waals surface area contributed by atoms with Crippen LogP contribution in [-0.4, -0.2) is 23.7 Å². The number of aliphatic hydroxyl groups excluding tert-OH is 1. The Morgan fingerprint density at radius 1 is 1.37 bits per heavy atom. The number of aliphatic hydroxyl groups is 1. The normalized spacial score (nSPS) is 18.4. The Labute approximate surface area is 115 Å². The van der Waals surface area contributed by atoms with Gasteiger partial charge in [0.1, 0.15) is 0 Å². The van der Waals surface area contributed by atoms with Crippen molar-refractivity contribution in [1.29, 1.82) is 0 Å². The molecule has 1 aliphatic rings. The SMILES string of the molecule is CC(CCCO)NC(=O)C1(c2ccccc2)CCC1. The zero-order chi connectivity index (χ0) is 13.7. The summed E-state index contributed by atoms with van der Waals surface area (Å²) < 4.78 is 0. The smallest absolute Gasteiger partial charge is 0.230 e. The fourth-order valence-electron chi connectivity index (χ4n) is 2.77. The zero-order valence-corrected chi connectivity index (χ0v) is 11.6. The number of rotatable bonds is 6. The van der Waals surface area contributed by atoms with E-state index in [1.165, 1.54) is 0 Å². The van der Waals surface area contributed by atoms with Crippen LogP contribution < -0.4 is 5.32 Å². The van der Waals surface area contributed by atoms with E-state index in [1.807, 2.05) is 25.1 Å². The molecule has 3 heteroatoms. The number of amides is 1. The minimum absolute atomic E-state index is 0.126. The highest BCUT2D eigenvalue weighted by atomic mass is 16.3. The van der Waals surface area contributed by atoms with Crippen molar-refractivity contribution < 1.29 is 9.90 Å². The fraction of sp³-hybridized carbons (Fsp3) is 0.562. The number of hydrogen-bond donors (Lipinski definition) is 2. The zero-order valence-electron chi connectivity index (χ0n) is 11.6. The maximum Gasteiger partial charge on any atom is 0.230 e.